The Balaban J connectivity index is 0.000000172. The molecular weight excluding hydrogens is 997 g/mol. The average molecular weight is 1040 g/mol. The molecule has 0 saturated carbocycles. The van der Waals surface area contributed by atoms with E-state index in [0.717, 1.165) is 19.1 Å². The predicted octanol–water partition coefficient (Wildman–Crippen LogP) is 5.67. The summed E-state index contributed by atoms with van der Waals surface area (Å²) in [5.74, 6) is -0.0960. The molecule has 2 amide bonds. The van der Waals surface area contributed by atoms with Crippen LogP contribution in [0.1, 0.15) is 75.4 Å². The van der Waals surface area contributed by atoms with Gasteiger partial charge in [-0.1, -0.05) is 35.4 Å². The molecule has 0 bridgehead atoms. The van der Waals surface area contributed by atoms with E-state index < -0.39 is 56.3 Å². The number of nitrogens with zero attached hydrogens (tertiary/aromatic N) is 10. The third-order valence-corrected chi connectivity index (χ3v) is 16.1. The van der Waals surface area contributed by atoms with Gasteiger partial charge in [0.25, 0.3) is 20.0 Å². The van der Waals surface area contributed by atoms with E-state index in [0.29, 0.717) is 51.2 Å². The molecule has 6 aromatic heterocycles. The second-order valence-electron chi connectivity index (χ2n) is 17.0. The zero-order valence-corrected chi connectivity index (χ0v) is 41.3. The topological polar surface area (TPSA) is 232 Å². The molecule has 2 saturated heterocycles. The minimum atomic E-state index is -3.89. The summed E-state index contributed by atoms with van der Waals surface area (Å²) in [4.78, 5) is 69.3. The highest BCUT2D eigenvalue weighted by atomic mass is 79.9. The van der Waals surface area contributed by atoms with Gasteiger partial charge in [0, 0.05) is 52.9 Å². The van der Waals surface area contributed by atoms with Crippen LogP contribution >= 0.6 is 15.9 Å². The van der Waals surface area contributed by atoms with Gasteiger partial charge in [0.2, 0.25) is 11.8 Å². The minimum Gasteiger partial charge on any atom is -0.461 e. The number of ether oxygens (including phenoxy) is 2. The van der Waals surface area contributed by atoms with Crippen LogP contribution in [0.3, 0.4) is 0 Å². The number of fused-ring (bicyclic) bond motifs is 6. The summed E-state index contributed by atoms with van der Waals surface area (Å²) in [5.41, 5.74) is 4.73. The third-order valence-electron chi connectivity index (χ3n) is 12.2. The number of aryl methyl sites for hydroxylation is 2. The summed E-state index contributed by atoms with van der Waals surface area (Å²) in [6.07, 6.45) is 7.51. The Morgan fingerprint density at radius 2 is 1.01 bits per heavy atom. The summed E-state index contributed by atoms with van der Waals surface area (Å²) in [5, 5.41) is 0. The van der Waals surface area contributed by atoms with E-state index in [1.54, 1.807) is 97.9 Å². The summed E-state index contributed by atoms with van der Waals surface area (Å²) in [7, 11) is -7.76. The van der Waals surface area contributed by atoms with Crippen molar-refractivity contribution in [3.63, 3.8) is 0 Å². The number of hydrogen-bond donors (Lipinski definition) is 0. The standard InChI is InChI=1S/C23H22BrN5O5S.C23H23N5O5S/c1-13-4-6-17(7-5-13)35(32,33)28-9-8-18-22(28)25-11-20-21(24)26-23(29(18)20)19-10-16(34-15(3)31)12-27(19)14(2)30;1-14-4-6-19(7-5-14)34(31,32)27-9-8-20-22(27)24-11-17-12-25-23(28(17)20)21-10-18(33-16(3)30)13-26(21)15(2)29/h4-9,11,16,19H,10,12H2,1-3H3;4-9,11-12,18,21H,10,13H2,1-3H3/t16-,19-;18-,21-/m11/s1. The normalized spacial score (nSPS) is 18.5. The minimum absolute atomic E-state index is 0.150. The zero-order chi connectivity index (χ0) is 49.3. The fourth-order valence-corrected chi connectivity index (χ4v) is 12.1. The molecule has 8 heterocycles. The number of esters is 2. The van der Waals surface area contributed by atoms with Crippen LogP contribution in [-0.2, 0) is 48.7 Å². The van der Waals surface area contributed by atoms with Gasteiger partial charge in [0.1, 0.15) is 28.5 Å². The molecule has 0 unspecified atom stereocenters. The molecule has 8 aromatic rings. The second kappa shape index (κ2) is 17.8. The zero-order valence-electron chi connectivity index (χ0n) is 38.0. The maximum atomic E-state index is 13.4. The lowest BCUT2D eigenvalue weighted by Crippen LogP contribution is -2.31. The van der Waals surface area contributed by atoms with Crippen molar-refractivity contribution < 1.29 is 45.5 Å². The van der Waals surface area contributed by atoms with Crippen molar-refractivity contribution in [2.75, 3.05) is 13.1 Å². The third kappa shape index (κ3) is 8.51. The second-order valence-corrected chi connectivity index (χ2v) is 21.3. The fourth-order valence-electron chi connectivity index (χ4n) is 9.07. The van der Waals surface area contributed by atoms with Crippen LogP contribution in [-0.4, -0.2) is 112 Å². The van der Waals surface area contributed by atoms with Crippen LogP contribution in [0.2, 0.25) is 0 Å². The molecule has 69 heavy (non-hydrogen) atoms. The molecule has 2 fully saturated rings. The first-order valence-corrected chi connectivity index (χ1v) is 25.3. The number of amides is 2. The van der Waals surface area contributed by atoms with Crippen LogP contribution in [0.25, 0.3) is 33.4 Å². The van der Waals surface area contributed by atoms with Crippen LogP contribution in [0, 0.1) is 13.8 Å². The summed E-state index contributed by atoms with van der Waals surface area (Å²) >= 11 is 3.47. The highest BCUT2D eigenvalue weighted by Gasteiger charge is 2.41. The van der Waals surface area contributed by atoms with Crippen molar-refractivity contribution >= 4 is 93.1 Å². The number of hydrogen-bond acceptors (Lipinski definition) is 14. The number of rotatable bonds is 8. The quantitative estimate of drug-likeness (QED) is 0.167. The molecule has 10 rings (SSSR count). The van der Waals surface area contributed by atoms with Crippen molar-refractivity contribution in [1.82, 2.24) is 46.5 Å². The summed E-state index contributed by atoms with van der Waals surface area (Å²) in [6.45, 7) is 9.88. The maximum Gasteiger partial charge on any atom is 0.302 e. The van der Waals surface area contributed by atoms with Gasteiger partial charge >= 0.3 is 11.9 Å². The largest absolute Gasteiger partial charge is 0.461 e. The fraction of sp³-hybridized carbons (Fsp3) is 0.304. The van der Waals surface area contributed by atoms with Gasteiger partial charge < -0.3 is 19.3 Å². The van der Waals surface area contributed by atoms with Gasteiger partial charge in [-0.25, -0.2) is 44.7 Å². The number of imidazole rings is 2. The van der Waals surface area contributed by atoms with Crippen molar-refractivity contribution in [2.45, 2.75) is 88.5 Å². The van der Waals surface area contributed by atoms with E-state index >= 15 is 0 Å². The first-order chi connectivity index (χ1) is 32.7. The van der Waals surface area contributed by atoms with E-state index in [4.69, 9.17) is 9.47 Å². The number of carbonyl (C=O) groups excluding carboxylic acids is 4. The van der Waals surface area contributed by atoms with Crippen LogP contribution in [0.5, 0.6) is 0 Å². The Labute approximate surface area is 403 Å². The molecule has 2 aromatic carbocycles. The van der Waals surface area contributed by atoms with E-state index in [2.05, 4.69) is 35.9 Å². The predicted molar refractivity (Wildman–Crippen MR) is 253 cm³/mol. The Kier molecular flexibility index (Phi) is 12.2. The lowest BCUT2D eigenvalue weighted by atomic mass is 10.2. The number of aromatic nitrogens is 8. The summed E-state index contributed by atoms with van der Waals surface area (Å²) < 4.78 is 70.5. The van der Waals surface area contributed by atoms with E-state index in [1.807, 2.05) is 13.8 Å². The van der Waals surface area contributed by atoms with Crippen LogP contribution < -0.4 is 0 Å². The summed E-state index contributed by atoms with van der Waals surface area (Å²) in [6, 6.07) is 15.6. The Morgan fingerprint density at radius 3 is 1.48 bits per heavy atom. The number of likely N-dealkylation sites (tertiary alicyclic amines) is 2. The van der Waals surface area contributed by atoms with E-state index in [-0.39, 0.29) is 46.0 Å². The molecule has 20 nitrogen and oxygen atoms in total. The van der Waals surface area contributed by atoms with Gasteiger partial charge in [-0.2, -0.15) is 0 Å². The highest BCUT2D eigenvalue weighted by Crippen LogP contribution is 2.38. The molecule has 358 valence electrons. The number of halogens is 1. The molecule has 2 aliphatic heterocycles. The Morgan fingerprint density at radius 1 is 0.580 bits per heavy atom. The number of benzene rings is 2. The van der Waals surface area contributed by atoms with Crippen molar-refractivity contribution in [3.8, 4) is 0 Å². The molecule has 0 spiro atoms. The Bertz CT molecular complexity index is 3600. The first kappa shape index (κ1) is 47.1. The molecule has 0 N–H and O–H groups in total. The molecule has 4 atom stereocenters. The van der Waals surface area contributed by atoms with Gasteiger partial charge in [-0.15, -0.1) is 0 Å². The van der Waals surface area contributed by atoms with Crippen molar-refractivity contribution in [1.29, 1.82) is 0 Å². The van der Waals surface area contributed by atoms with E-state index in [9.17, 15) is 36.0 Å². The smallest absolute Gasteiger partial charge is 0.302 e. The lowest BCUT2D eigenvalue weighted by molar-refractivity contribution is -0.147. The molecule has 0 aliphatic carbocycles. The molecule has 2 aliphatic rings. The van der Waals surface area contributed by atoms with Gasteiger partial charge in [-0.05, 0) is 66.2 Å². The molecule has 23 heteroatoms. The lowest BCUT2D eigenvalue weighted by Gasteiger charge is -2.22. The monoisotopic (exact) mass is 1040 g/mol. The molecular formula is C46H45BrN10O10S2. The Hall–Kier alpha value is -6.98. The maximum absolute atomic E-state index is 13.4. The SMILES string of the molecule is CC(=O)O[C@@H]1C[C@H](c2nc(Br)c3cnc4c(ccn4S(=O)(=O)c4ccc(C)cc4)n23)N(C(C)=O)C1.CC(=O)O[C@@H]1C[C@H](c2ncc3cnc4c(ccn4S(=O)(=O)c4ccc(C)cc4)n23)N(C(C)=O)C1. The van der Waals surface area contributed by atoms with Crippen LogP contribution in [0.15, 0.2) is 106 Å². The van der Waals surface area contributed by atoms with Gasteiger partial charge in [0.05, 0.1) is 75.6 Å². The number of carbonyl (C=O) groups is 4. The van der Waals surface area contributed by atoms with Crippen molar-refractivity contribution in [3.05, 3.63) is 119 Å². The first-order valence-electron chi connectivity index (χ1n) is 21.6. The molecule has 0 radical (unpaired) electrons. The van der Waals surface area contributed by atoms with Gasteiger partial charge in [0.15, 0.2) is 11.3 Å². The van der Waals surface area contributed by atoms with Crippen LogP contribution in [0.4, 0.5) is 0 Å². The van der Waals surface area contributed by atoms with E-state index in [1.165, 1.54) is 40.1 Å². The van der Waals surface area contributed by atoms with Gasteiger partial charge in [-0.3, -0.25) is 28.0 Å². The highest BCUT2D eigenvalue weighted by molar-refractivity contribution is 9.10. The van der Waals surface area contributed by atoms with Crippen molar-refractivity contribution in [2.24, 2.45) is 0 Å². The average Bonchev–Trinajstić information content (AvgIpc) is 4.15.